The van der Waals surface area contributed by atoms with Crippen LogP contribution in [0.1, 0.15) is 17.9 Å². The molecular formula is C7H8O2S. The first-order valence-corrected chi connectivity index (χ1v) is 3.85. The molecule has 54 valence electrons. The standard InChI is InChI=1S/C7H8O2S/c1-6(9-5-8)7-3-2-4-10-7/h2-6H,1H3. The van der Waals surface area contributed by atoms with Gasteiger partial charge in [-0.3, -0.25) is 4.79 Å². The Hall–Kier alpha value is -0.830. The average molecular weight is 156 g/mol. The van der Waals surface area contributed by atoms with Crippen molar-refractivity contribution in [1.82, 2.24) is 0 Å². The van der Waals surface area contributed by atoms with E-state index in [9.17, 15) is 4.79 Å². The van der Waals surface area contributed by atoms with Crippen molar-refractivity contribution >= 4 is 17.8 Å². The minimum atomic E-state index is -0.0995. The summed E-state index contributed by atoms with van der Waals surface area (Å²) in [5.74, 6) is 0. The van der Waals surface area contributed by atoms with Crippen LogP contribution in [0.3, 0.4) is 0 Å². The highest BCUT2D eigenvalue weighted by atomic mass is 32.1. The van der Waals surface area contributed by atoms with E-state index < -0.39 is 0 Å². The molecule has 2 nitrogen and oxygen atoms in total. The molecule has 0 aliphatic carbocycles. The van der Waals surface area contributed by atoms with Crippen molar-refractivity contribution in [3.8, 4) is 0 Å². The van der Waals surface area contributed by atoms with E-state index in [1.54, 1.807) is 11.3 Å². The van der Waals surface area contributed by atoms with E-state index in [0.717, 1.165) is 4.88 Å². The second-order valence-corrected chi connectivity index (χ2v) is 2.87. The van der Waals surface area contributed by atoms with E-state index in [-0.39, 0.29) is 6.10 Å². The number of hydrogen-bond donors (Lipinski definition) is 0. The van der Waals surface area contributed by atoms with Crippen LogP contribution in [0.2, 0.25) is 0 Å². The molecule has 1 aromatic heterocycles. The monoisotopic (exact) mass is 156 g/mol. The maximum atomic E-state index is 9.89. The first-order chi connectivity index (χ1) is 4.84. The van der Waals surface area contributed by atoms with Gasteiger partial charge in [0.25, 0.3) is 6.47 Å². The van der Waals surface area contributed by atoms with Gasteiger partial charge >= 0.3 is 0 Å². The van der Waals surface area contributed by atoms with Crippen molar-refractivity contribution in [2.24, 2.45) is 0 Å². The van der Waals surface area contributed by atoms with E-state index in [1.807, 2.05) is 24.4 Å². The van der Waals surface area contributed by atoms with Crippen LogP contribution in [-0.2, 0) is 9.53 Å². The lowest BCUT2D eigenvalue weighted by Gasteiger charge is -2.04. The van der Waals surface area contributed by atoms with Crippen molar-refractivity contribution < 1.29 is 9.53 Å². The zero-order valence-electron chi connectivity index (χ0n) is 5.61. The van der Waals surface area contributed by atoms with Crippen molar-refractivity contribution in [3.63, 3.8) is 0 Å². The maximum absolute atomic E-state index is 9.89. The molecule has 0 fully saturated rings. The van der Waals surface area contributed by atoms with Crippen molar-refractivity contribution in [3.05, 3.63) is 22.4 Å². The maximum Gasteiger partial charge on any atom is 0.293 e. The minimum Gasteiger partial charge on any atom is -0.459 e. The number of carbonyl (C=O) groups is 1. The van der Waals surface area contributed by atoms with Gasteiger partial charge in [-0.2, -0.15) is 0 Å². The Morgan fingerprint density at radius 2 is 2.60 bits per heavy atom. The smallest absolute Gasteiger partial charge is 0.293 e. The number of rotatable bonds is 3. The molecule has 0 aliphatic rings. The van der Waals surface area contributed by atoms with Crippen LogP contribution in [0.25, 0.3) is 0 Å². The zero-order valence-corrected chi connectivity index (χ0v) is 6.43. The van der Waals surface area contributed by atoms with Crippen LogP contribution in [0.5, 0.6) is 0 Å². The summed E-state index contributed by atoms with van der Waals surface area (Å²) in [4.78, 5) is 11.0. The zero-order chi connectivity index (χ0) is 7.40. The summed E-state index contributed by atoms with van der Waals surface area (Å²) in [6, 6.07) is 3.88. The predicted octanol–water partition coefficient (Wildman–Crippen LogP) is 1.98. The second-order valence-electron chi connectivity index (χ2n) is 1.89. The van der Waals surface area contributed by atoms with Crippen molar-refractivity contribution in [2.45, 2.75) is 13.0 Å². The topological polar surface area (TPSA) is 26.3 Å². The summed E-state index contributed by atoms with van der Waals surface area (Å²) < 4.78 is 4.72. The molecule has 0 aromatic carbocycles. The third kappa shape index (κ3) is 1.57. The van der Waals surface area contributed by atoms with E-state index in [4.69, 9.17) is 4.74 Å². The molecular weight excluding hydrogens is 148 g/mol. The summed E-state index contributed by atoms with van der Waals surface area (Å²) >= 11 is 1.59. The number of hydrogen-bond acceptors (Lipinski definition) is 3. The lowest BCUT2D eigenvalue weighted by Crippen LogP contribution is -1.94. The molecule has 0 aliphatic heterocycles. The third-order valence-electron chi connectivity index (χ3n) is 1.20. The lowest BCUT2D eigenvalue weighted by molar-refractivity contribution is -0.132. The van der Waals surface area contributed by atoms with Gasteiger partial charge in [0.15, 0.2) is 0 Å². The first-order valence-electron chi connectivity index (χ1n) is 2.97. The Bertz CT molecular complexity index is 193. The molecule has 0 bridgehead atoms. The highest BCUT2D eigenvalue weighted by Crippen LogP contribution is 2.20. The molecule has 1 heterocycles. The van der Waals surface area contributed by atoms with Crippen LogP contribution in [0.15, 0.2) is 17.5 Å². The summed E-state index contributed by atoms with van der Waals surface area (Å²) in [5.41, 5.74) is 0. The van der Waals surface area contributed by atoms with Crippen LogP contribution in [0, 0.1) is 0 Å². The minimum absolute atomic E-state index is 0.0995. The van der Waals surface area contributed by atoms with Gasteiger partial charge in [-0.1, -0.05) is 6.07 Å². The molecule has 0 N–H and O–H groups in total. The van der Waals surface area contributed by atoms with Crippen LogP contribution >= 0.6 is 11.3 Å². The molecule has 0 saturated carbocycles. The summed E-state index contributed by atoms with van der Waals surface area (Å²) in [5, 5.41) is 1.96. The number of thiophene rings is 1. The van der Waals surface area contributed by atoms with Gasteiger partial charge < -0.3 is 4.74 Å². The molecule has 0 spiro atoms. The van der Waals surface area contributed by atoms with Gasteiger partial charge in [-0.05, 0) is 18.4 Å². The van der Waals surface area contributed by atoms with E-state index in [2.05, 4.69) is 0 Å². The fraction of sp³-hybridized carbons (Fsp3) is 0.286. The summed E-state index contributed by atoms with van der Waals surface area (Å²) in [6.07, 6.45) is -0.0995. The van der Waals surface area contributed by atoms with Gasteiger partial charge in [0.05, 0.1) is 0 Å². The highest BCUT2D eigenvalue weighted by Gasteiger charge is 2.04. The second kappa shape index (κ2) is 3.37. The predicted molar refractivity (Wildman–Crippen MR) is 39.9 cm³/mol. The average Bonchev–Trinajstić information content (AvgIpc) is 2.38. The Balaban J connectivity index is 2.58. The molecule has 3 heteroatoms. The van der Waals surface area contributed by atoms with E-state index in [1.165, 1.54) is 0 Å². The van der Waals surface area contributed by atoms with Gasteiger partial charge in [0.2, 0.25) is 0 Å². The molecule has 1 aromatic rings. The molecule has 1 atom stereocenters. The third-order valence-corrected chi connectivity index (χ3v) is 2.24. The molecule has 1 rings (SSSR count). The summed E-state index contributed by atoms with van der Waals surface area (Å²) in [6.45, 7) is 2.32. The van der Waals surface area contributed by atoms with Gasteiger partial charge in [-0.25, -0.2) is 0 Å². The van der Waals surface area contributed by atoms with Gasteiger partial charge in [-0.15, -0.1) is 11.3 Å². The van der Waals surface area contributed by atoms with Crippen LogP contribution in [-0.4, -0.2) is 6.47 Å². The van der Waals surface area contributed by atoms with Crippen molar-refractivity contribution in [2.75, 3.05) is 0 Å². The Labute approximate surface area is 63.4 Å². The largest absolute Gasteiger partial charge is 0.459 e. The molecule has 0 amide bonds. The van der Waals surface area contributed by atoms with Crippen LogP contribution < -0.4 is 0 Å². The molecule has 0 radical (unpaired) electrons. The fourth-order valence-electron chi connectivity index (χ4n) is 0.673. The van der Waals surface area contributed by atoms with Gasteiger partial charge in [0, 0.05) is 4.88 Å². The van der Waals surface area contributed by atoms with Crippen molar-refractivity contribution in [1.29, 1.82) is 0 Å². The van der Waals surface area contributed by atoms with Crippen LogP contribution in [0.4, 0.5) is 0 Å². The Kier molecular flexibility index (Phi) is 2.45. The quantitative estimate of drug-likeness (QED) is 0.625. The Morgan fingerprint density at radius 1 is 1.80 bits per heavy atom. The normalized spacial score (nSPS) is 12.5. The number of carbonyl (C=O) groups excluding carboxylic acids is 1. The fourth-order valence-corrected chi connectivity index (χ4v) is 1.39. The summed E-state index contributed by atoms with van der Waals surface area (Å²) in [7, 11) is 0. The van der Waals surface area contributed by atoms with E-state index >= 15 is 0 Å². The SMILES string of the molecule is CC(OC=O)c1cccs1. The first kappa shape index (κ1) is 7.28. The van der Waals surface area contributed by atoms with Gasteiger partial charge in [0.1, 0.15) is 6.10 Å². The lowest BCUT2D eigenvalue weighted by atomic mass is 10.3. The number of ether oxygens (including phenoxy) is 1. The molecule has 0 saturated heterocycles. The molecule has 10 heavy (non-hydrogen) atoms. The Morgan fingerprint density at radius 3 is 3.10 bits per heavy atom. The van der Waals surface area contributed by atoms with E-state index in [0.29, 0.717) is 6.47 Å². The highest BCUT2D eigenvalue weighted by molar-refractivity contribution is 7.10. The molecule has 1 unspecified atom stereocenters.